The highest BCUT2D eigenvalue weighted by Gasteiger charge is 2.32. The number of nitrogens with one attached hydrogen (secondary N) is 2. The van der Waals surface area contributed by atoms with Gasteiger partial charge in [0.15, 0.2) is 11.6 Å². The number of carbonyl (C=O) groups is 2. The van der Waals surface area contributed by atoms with Crippen LogP contribution in [-0.4, -0.2) is 80.9 Å². The van der Waals surface area contributed by atoms with Crippen LogP contribution in [0.1, 0.15) is 64.5 Å². The van der Waals surface area contributed by atoms with Crippen molar-refractivity contribution in [3.63, 3.8) is 0 Å². The number of methoxy groups -OCH3 is 1. The number of carboxylic acids is 1. The van der Waals surface area contributed by atoms with Gasteiger partial charge >= 0.3 is 5.97 Å². The van der Waals surface area contributed by atoms with Gasteiger partial charge in [-0.3, -0.25) is 9.59 Å². The normalized spacial score (nSPS) is 16.7. The predicted octanol–water partition coefficient (Wildman–Crippen LogP) is 11.5. The molecule has 1 aliphatic carbocycles. The number of aliphatic hydroxyl groups is 1. The van der Waals surface area contributed by atoms with Gasteiger partial charge in [-0.2, -0.15) is 0 Å². The van der Waals surface area contributed by atoms with E-state index in [1.807, 2.05) is 28.7 Å². The quantitative estimate of drug-likeness (QED) is 0.0977. The van der Waals surface area contributed by atoms with Crippen molar-refractivity contribution < 1.29 is 33.7 Å². The SMILES string of the molecule is COc1c(N2CCNC(C)C2)c(F)cc2c(=O)c(C(=O)O)cn(C3CC3)c12.Clc1ccc(C(Cn2ccnc2)OCc2c(Cl)cccc2Cl)c(Cl)c1.O=C1Nc2ccc(Cl)cc2C(c2ccccc2Cl)=NC1O. The van der Waals surface area contributed by atoms with Crippen LogP contribution in [0.15, 0.2) is 120 Å². The Morgan fingerprint density at radius 3 is 2.27 bits per heavy atom. The highest BCUT2D eigenvalue weighted by atomic mass is 35.5. The number of aliphatic hydroxyl groups excluding tert-OH is 1. The van der Waals surface area contributed by atoms with E-state index in [1.165, 1.54) is 13.3 Å². The Balaban J connectivity index is 0.000000147. The third kappa shape index (κ3) is 12.5. The lowest BCUT2D eigenvalue weighted by molar-refractivity contribution is -0.123. The van der Waals surface area contributed by atoms with Crippen LogP contribution >= 0.6 is 69.6 Å². The summed E-state index contributed by atoms with van der Waals surface area (Å²) < 4.78 is 30.5. The van der Waals surface area contributed by atoms with E-state index in [-0.39, 0.29) is 35.7 Å². The summed E-state index contributed by atoms with van der Waals surface area (Å²) in [6.07, 6.45) is 6.63. The molecule has 14 nitrogen and oxygen atoms in total. The van der Waals surface area contributed by atoms with Crippen molar-refractivity contribution in [2.24, 2.45) is 4.99 Å². The third-order valence-electron chi connectivity index (χ3n) is 12.1. The Hall–Kier alpha value is -5.72. The molecule has 3 aliphatic rings. The molecule has 1 saturated carbocycles. The minimum atomic E-state index is -1.50. The van der Waals surface area contributed by atoms with Gasteiger partial charge in [-0.1, -0.05) is 99.9 Å². The molecule has 2 aliphatic heterocycles. The zero-order valence-corrected chi connectivity index (χ0v) is 43.5. The van der Waals surface area contributed by atoms with E-state index in [4.69, 9.17) is 79.1 Å². The summed E-state index contributed by atoms with van der Waals surface area (Å²) >= 11 is 37.1. The molecule has 0 radical (unpaired) electrons. The summed E-state index contributed by atoms with van der Waals surface area (Å²) in [5.41, 5.74) is 3.52. The molecular weight excluding hydrogens is 1070 g/mol. The van der Waals surface area contributed by atoms with Gasteiger partial charge in [0, 0.05) is 103 Å². The van der Waals surface area contributed by atoms with E-state index in [2.05, 4.69) is 20.6 Å². The zero-order valence-electron chi connectivity index (χ0n) is 39.0. The molecular formula is C52H46Cl6FN7O7. The number of amides is 1. The highest BCUT2D eigenvalue weighted by molar-refractivity contribution is 6.37. The zero-order chi connectivity index (χ0) is 52.1. The molecule has 7 aromatic rings. The Bertz CT molecular complexity index is 3260. The molecule has 0 spiro atoms. The fraction of sp³-hybridized carbons (Fsp3) is 0.250. The Morgan fingerprint density at radius 1 is 0.904 bits per heavy atom. The largest absolute Gasteiger partial charge is 0.492 e. The van der Waals surface area contributed by atoms with Crippen molar-refractivity contribution in [3.05, 3.63) is 184 Å². The maximum Gasteiger partial charge on any atom is 0.341 e. The molecule has 21 heteroatoms. The molecule has 0 bridgehead atoms. The second-order valence-corrected chi connectivity index (χ2v) is 19.7. The number of carbonyl (C=O) groups excluding carboxylic acids is 1. The number of hydrogen-bond donors (Lipinski definition) is 4. The Morgan fingerprint density at radius 2 is 1.62 bits per heavy atom. The first-order valence-corrected chi connectivity index (χ1v) is 25.0. The molecule has 1 amide bonds. The molecule has 5 aromatic carbocycles. The predicted molar refractivity (Wildman–Crippen MR) is 285 cm³/mol. The topological polar surface area (TPSA) is 173 Å². The lowest BCUT2D eigenvalue weighted by Gasteiger charge is -2.35. The number of carboxylic acid groups (broad SMARTS) is 1. The molecule has 2 aromatic heterocycles. The van der Waals surface area contributed by atoms with Gasteiger partial charge in [0.05, 0.1) is 48.9 Å². The molecule has 3 atom stereocenters. The molecule has 10 rings (SSSR count). The van der Waals surface area contributed by atoms with Crippen LogP contribution in [0.25, 0.3) is 10.9 Å². The minimum absolute atomic E-state index is 0.0445. The van der Waals surface area contributed by atoms with Crippen LogP contribution < -0.4 is 25.7 Å². The lowest BCUT2D eigenvalue weighted by atomic mass is 10.0. The second-order valence-electron chi connectivity index (χ2n) is 17.2. The van der Waals surface area contributed by atoms with Crippen molar-refractivity contribution in [1.82, 2.24) is 19.4 Å². The number of imidazole rings is 1. The molecule has 2 fully saturated rings. The van der Waals surface area contributed by atoms with Crippen molar-refractivity contribution in [3.8, 4) is 5.75 Å². The van der Waals surface area contributed by atoms with Gasteiger partial charge in [-0.15, -0.1) is 0 Å². The fourth-order valence-corrected chi connectivity index (χ4v) is 9.87. The number of rotatable bonds is 11. The lowest BCUT2D eigenvalue weighted by Crippen LogP contribution is -2.49. The van der Waals surface area contributed by atoms with Crippen molar-refractivity contribution in [2.45, 2.75) is 57.3 Å². The van der Waals surface area contributed by atoms with Crippen molar-refractivity contribution in [2.75, 3.05) is 37.0 Å². The van der Waals surface area contributed by atoms with Crippen LogP contribution in [0.4, 0.5) is 15.8 Å². The van der Waals surface area contributed by atoms with Crippen LogP contribution in [0.3, 0.4) is 0 Å². The Kier molecular flexibility index (Phi) is 17.4. The number of nitrogens with zero attached hydrogens (tertiary/aromatic N) is 5. The number of fused-ring (bicyclic) bond motifs is 2. The summed E-state index contributed by atoms with van der Waals surface area (Å²) in [4.78, 5) is 46.0. The van der Waals surface area contributed by atoms with E-state index in [1.54, 1.807) is 89.9 Å². The molecule has 3 unspecified atom stereocenters. The molecule has 380 valence electrons. The standard InChI is InChI=1S/C19H22FN3O4.C18H14Cl4N2O.C15H10Cl2N2O2/c1-10-8-22(6-5-21-10)16-14(20)7-12-15(18(16)27-2)23(11-3-4-11)9-13(17(12)24)19(25)26;19-12-4-5-13(17(22)8-12)18(9-24-7-6-23-11-24)25-10-14-15(20)2-1-3-16(14)21;16-8-5-6-12-10(7-8)13(19-15(21)14(20)18-12)9-3-1-2-4-11(9)17/h7,9-11,21H,3-6,8H2,1-2H3,(H,25,26);1-8,11,18H,9-10H2;1-7,15,21H,(H,18,20). The van der Waals surface area contributed by atoms with Crippen LogP contribution in [0, 0.1) is 5.82 Å². The first-order chi connectivity index (χ1) is 35.0. The average molecular weight is 1110 g/mol. The molecule has 4 heterocycles. The minimum Gasteiger partial charge on any atom is -0.492 e. The van der Waals surface area contributed by atoms with Gasteiger partial charge in [0.1, 0.15) is 17.4 Å². The molecule has 1 saturated heterocycles. The third-order valence-corrected chi connectivity index (χ3v) is 13.9. The van der Waals surface area contributed by atoms with Crippen molar-refractivity contribution >= 4 is 109 Å². The van der Waals surface area contributed by atoms with Gasteiger partial charge < -0.3 is 44.4 Å². The number of ether oxygens (including phenoxy) is 2. The van der Waals surface area contributed by atoms with Gasteiger partial charge in [0.25, 0.3) is 5.91 Å². The van der Waals surface area contributed by atoms with E-state index >= 15 is 4.39 Å². The summed E-state index contributed by atoms with van der Waals surface area (Å²) in [7, 11) is 1.45. The van der Waals surface area contributed by atoms with E-state index < -0.39 is 29.4 Å². The maximum atomic E-state index is 15.1. The monoisotopic (exact) mass is 1110 g/mol. The number of aromatic nitrogens is 3. The van der Waals surface area contributed by atoms with Gasteiger partial charge in [0.2, 0.25) is 11.7 Å². The van der Waals surface area contributed by atoms with Gasteiger partial charge in [-0.25, -0.2) is 19.2 Å². The van der Waals surface area contributed by atoms with E-state index in [9.17, 15) is 24.6 Å². The van der Waals surface area contributed by atoms with Crippen LogP contribution in [-0.2, 0) is 22.7 Å². The summed E-state index contributed by atoms with van der Waals surface area (Å²) in [6.45, 7) is 4.77. The number of halogens is 7. The number of benzodiazepines with no additional fused rings is 1. The van der Waals surface area contributed by atoms with E-state index in [0.29, 0.717) is 89.2 Å². The number of anilines is 2. The number of piperazine rings is 1. The maximum absolute atomic E-state index is 15.1. The van der Waals surface area contributed by atoms with Crippen LogP contribution in [0.5, 0.6) is 5.75 Å². The fourth-order valence-electron chi connectivity index (χ4n) is 8.44. The van der Waals surface area contributed by atoms with E-state index in [0.717, 1.165) is 36.6 Å². The summed E-state index contributed by atoms with van der Waals surface area (Å²) in [5.74, 6) is -2.19. The summed E-state index contributed by atoms with van der Waals surface area (Å²) in [5, 5.41) is 28.4. The second kappa shape index (κ2) is 23.7. The number of benzene rings is 5. The number of hydrogen-bond acceptors (Lipinski definition) is 10. The van der Waals surface area contributed by atoms with Gasteiger partial charge in [-0.05, 0) is 74.4 Å². The molecule has 73 heavy (non-hydrogen) atoms. The number of pyridine rings is 1. The average Bonchev–Trinajstić information content (AvgIpc) is 4.09. The first-order valence-electron chi connectivity index (χ1n) is 22.8. The van der Waals surface area contributed by atoms with Crippen molar-refractivity contribution in [1.29, 1.82) is 0 Å². The summed E-state index contributed by atoms with van der Waals surface area (Å²) in [6, 6.07) is 24.3. The Labute approximate surface area is 448 Å². The highest BCUT2D eigenvalue weighted by Crippen LogP contribution is 2.44. The van der Waals surface area contributed by atoms with Crippen LogP contribution in [0.2, 0.25) is 30.1 Å². The number of aromatic carboxylic acids is 1. The smallest absolute Gasteiger partial charge is 0.341 e. The number of aliphatic imine (C=N–C) groups is 1. The molecule has 4 N–H and O–H groups in total. The first kappa shape index (κ1) is 53.6.